The van der Waals surface area contributed by atoms with Gasteiger partial charge in [0.2, 0.25) is 5.88 Å². The summed E-state index contributed by atoms with van der Waals surface area (Å²) < 4.78 is 7.56. The van der Waals surface area contributed by atoms with E-state index >= 15 is 0 Å². The molecule has 0 unspecified atom stereocenters. The average molecular weight is 340 g/mol. The molecule has 3 rings (SSSR count). The zero-order valence-corrected chi connectivity index (χ0v) is 15.2. The van der Waals surface area contributed by atoms with E-state index < -0.39 is 5.92 Å². The largest absolute Gasteiger partial charge is 0.444 e. The van der Waals surface area contributed by atoms with E-state index in [4.69, 9.17) is 10.5 Å². The van der Waals surface area contributed by atoms with Crippen LogP contribution >= 0.6 is 0 Å². The minimum absolute atomic E-state index is 0.0211. The van der Waals surface area contributed by atoms with E-state index in [2.05, 4.69) is 25.0 Å². The SMILES string of the molecule is CC[C@H](C)n1cc([C@@H]2C(C#N)=C(N)OC3=C2C(=O)CC(C)(C)C3)cn1. The molecule has 0 saturated carbocycles. The van der Waals surface area contributed by atoms with E-state index in [1.54, 1.807) is 6.20 Å². The predicted molar refractivity (Wildman–Crippen MR) is 92.9 cm³/mol. The molecule has 2 atom stereocenters. The summed E-state index contributed by atoms with van der Waals surface area (Å²) in [7, 11) is 0. The Balaban J connectivity index is 2.11. The van der Waals surface area contributed by atoms with Gasteiger partial charge in [-0.2, -0.15) is 10.4 Å². The van der Waals surface area contributed by atoms with Crippen LogP contribution < -0.4 is 5.73 Å². The van der Waals surface area contributed by atoms with Crippen molar-refractivity contribution in [3.05, 3.63) is 40.7 Å². The molecule has 1 aliphatic heterocycles. The first-order valence-electron chi connectivity index (χ1n) is 8.65. The second kappa shape index (κ2) is 6.07. The Labute approximate surface area is 147 Å². The van der Waals surface area contributed by atoms with Gasteiger partial charge in [0.05, 0.1) is 12.1 Å². The summed E-state index contributed by atoms with van der Waals surface area (Å²) in [6, 6.07) is 2.38. The summed E-state index contributed by atoms with van der Waals surface area (Å²) in [6.07, 6.45) is 5.64. The molecule has 0 aromatic carbocycles. The van der Waals surface area contributed by atoms with Gasteiger partial charge in [-0.1, -0.05) is 20.8 Å². The molecule has 132 valence electrons. The van der Waals surface area contributed by atoms with Crippen molar-refractivity contribution < 1.29 is 9.53 Å². The number of rotatable bonds is 3. The standard InChI is InChI=1S/C19H24N4O2/c1-5-11(2)23-10-12(9-22-23)16-13(8-20)18(21)25-15-7-19(3,4)6-14(24)17(15)16/h9-11,16H,5-7,21H2,1-4H3/t11-,16+/m0/s1. The molecule has 1 aromatic heterocycles. The van der Waals surface area contributed by atoms with Crippen molar-refractivity contribution in [2.45, 2.75) is 58.9 Å². The van der Waals surface area contributed by atoms with Gasteiger partial charge in [0.15, 0.2) is 5.78 Å². The summed E-state index contributed by atoms with van der Waals surface area (Å²) in [5.74, 6) is 0.218. The van der Waals surface area contributed by atoms with E-state index in [0.29, 0.717) is 24.2 Å². The molecule has 6 nitrogen and oxygen atoms in total. The molecule has 0 fully saturated rings. The quantitative estimate of drug-likeness (QED) is 0.911. The minimum atomic E-state index is -0.491. The van der Waals surface area contributed by atoms with Gasteiger partial charge in [-0.05, 0) is 18.8 Å². The molecular formula is C19H24N4O2. The van der Waals surface area contributed by atoms with Gasteiger partial charge < -0.3 is 10.5 Å². The summed E-state index contributed by atoms with van der Waals surface area (Å²) in [5, 5.41) is 14.0. The monoisotopic (exact) mass is 340 g/mol. The Kier molecular flexibility index (Phi) is 4.19. The van der Waals surface area contributed by atoms with Gasteiger partial charge in [-0.25, -0.2) is 0 Å². The highest BCUT2D eigenvalue weighted by Crippen LogP contribution is 2.47. The van der Waals surface area contributed by atoms with Crippen LogP contribution in [0, 0.1) is 16.7 Å². The summed E-state index contributed by atoms with van der Waals surface area (Å²) in [6.45, 7) is 8.24. The number of nitrogens with two attached hydrogens (primary N) is 1. The zero-order valence-electron chi connectivity index (χ0n) is 15.2. The fourth-order valence-corrected chi connectivity index (χ4v) is 3.55. The topological polar surface area (TPSA) is 93.9 Å². The van der Waals surface area contributed by atoms with Crippen LogP contribution in [0.15, 0.2) is 35.2 Å². The van der Waals surface area contributed by atoms with Gasteiger partial charge in [0.1, 0.15) is 17.4 Å². The third-order valence-electron chi connectivity index (χ3n) is 5.07. The highest BCUT2D eigenvalue weighted by atomic mass is 16.5. The Morgan fingerprint density at radius 2 is 2.24 bits per heavy atom. The predicted octanol–water partition coefficient (Wildman–Crippen LogP) is 3.30. The minimum Gasteiger partial charge on any atom is -0.444 e. The number of ether oxygens (including phenoxy) is 1. The molecule has 6 heteroatoms. The van der Waals surface area contributed by atoms with Gasteiger partial charge in [0.25, 0.3) is 0 Å². The van der Waals surface area contributed by atoms with Gasteiger partial charge in [-0.15, -0.1) is 0 Å². The fourth-order valence-electron chi connectivity index (χ4n) is 3.55. The van der Waals surface area contributed by atoms with Gasteiger partial charge >= 0.3 is 0 Å². The van der Waals surface area contributed by atoms with Crippen LogP contribution in [0.1, 0.15) is 64.5 Å². The van der Waals surface area contributed by atoms with Crippen molar-refractivity contribution in [1.29, 1.82) is 5.26 Å². The number of carbonyl (C=O) groups is 1. The van der Waals surface area contributed by atoms with Crippen molar-refractivity contribution in [3.8, 4) is 6.07 Å². The molecule has 2 heterocycles. The number of ketones is 1. The Bertz CT molecular complexity index is 823. The number of hydrogen-bond acceptors (Lipinski definition) is 5. The van der Waals surface area contributed by atoms with Crippen molar-refractivity contribution in [2.24, 2.45) is 11.1 Å². The third-order valence-corrected chi connectivity index (χ3v) is 5.07. The Morgan fingerprint density at radius 1 is 1.52 bits per heavy atom. The van der Waals surface area contributed by atoms with E-state index in [9.17, 15) is 10.1 Å². The Hall–Kier alpha value is -2.55. The molecule has 2 aliphatic rings. The first-order chi connectivity index (χ1) is 11.8. The van der Waals surface area contributed by atoms with Crippen molar-refractivity contribution in [3.63, 3.8) is 0 Å². The third kappa shape index (κ3) is 2.95. The number of nitrogens with zero attached hydrogens (tertiary/aromatic N) is 3. The number of aromatic nitrogens is 2. The van der Waals surface area contributed by atoms with E-state index in [-0.39, 0.29) is 28.7 Å². The van der Waals surface area contributed by atoms with Crippen molar-refractivity contribution in [1.82, 2.24) is 9.78 Å². The maximum absolute atomic E-state index is 12.9. The van der Waals surface area contributed by atoms with Crippen molar-refractivity contribution in [2.75, 3.05) is 0 Å². The van der Waals surface area contributed by atoms with Gasteiger partial charge in [0, 0.05) is 36.2 Å². The summed E-state index contributed by atoms with van der Waals surface area (Å²) in [5.41, 5.74) is 7.50. The van der Waals surface area contributed by atoms with Crippen LogP contribution in [0.5, 0.6) is 0 Å². The van der Waals surface area contributed by atoms with E-state index in [1.165, 1.54) is 0 Å². The molecule has 0 saturated heterocycles. The normalized spacial score (nSPS) is 23.8. The van der Waals surface area contributed by atoms with Crippen molar-refractivity contribution >= 4 is 5.78 Å². The summed E-state index contributed by atoms with van der Waals surface area (Å²) >= 11 is 0. The maximum atomic E-state index is 12.9. The molecule has 1 aliphatic carbocycles. The molecule has 1 aromatic rings. The van der Waals surface area contributed by atoms with E-state index in [1.807, 2.05) is 24.7 Å². The highest BCUT2D eigenvalue weighted by molar-refractivity contribution is 6.00. The average Bonchev–Trinajstić information content (AvgIpc) is 3.01. The van der Waals surface area contributed by atoms with Crippen LogP contribution in [0.4, 0.5) is 0 Å². The lowest BCUT2D eigenvalue weighted by Gasteiger charge is -2.36. The van der Waals surface area contributed by atoms with Crippen LogP contribution in [0.25, 0.3) is 0 Å². The number of nitriles is 1. The molecule has 0 amide bonds. The van der Waals surface area contributed by atoms with E-state index in [0.717, 1.165) is 12.0 Å². The smallest absolute Gasteiger partial charge is 0.205 e. The van der Waals surface area contributed by atoms with Crippen LogP contribution in [0.2, 0.25) is 0 Å². The summed E-state index contributed by atoms with van der Waals surface area (Å²) in [4.78, 5) is 12.9. The highest BCUT2D eigenvalue weighted by Gasteiger charge is 2.43. The second-order valence-electron chi connectivity index (χ2n) is 7.71. The number of allylic oxidation sites excluding steroid dienone is 3. The molecule has 2 N–H and O–H groups in total. The zero-order chi connectivity index (χ0) is 18.4. The van der Waals surface area contributed by atoms with Crippen LogP contribution in [0.3, 0.4) is 0 Å². The molecule has 0 radical (unpaired) electrons. The first-order valence-corrected chi connectivity index (χ1v) is 8.65. The van der Waals surface area contributed by atoms with Gasteiger partial charge in [-0.3, -0.25) is 9.48 Å². The molecule has 0 bridgehead atoms. The fraction of sp³-hybridized carbons (Fsp3) is 0.526. The number of hydrogen-bond donors (Lipinski definition) is 1. The molecule has 0 spiro atoms. The number of Topliss-reactive ketones (excluding diaryl/α,β-unsaturated/α-hetero) is 1. The lowest BCUT2D eigenvalue weighted by Crippen LogP contribution is -2.33. The van der Waals surface area contributed by atoms with Crippen LogP contribution in [-0.2, 0) is 9.53 Å². The lowest BCUT2D eigenvalue weighted by molar-refractivity contribution is -0.119. The molecular weight excluding hydrogens is 316 g/mol. The first kappa shape index (κ1) is 17.3. The second-order valence-corrected chi connectivity index (χ2v) is 7.71. The number of carbonyl (C=O) groups excluding carboxylic acids is 1. The lowest BCUT2D eigenvalue weighted by atomic mass is 9.70. The van der Waals surface area contributed by atoms with Crippen LogP contribution in [-0.4, -0.2) is 15.6 Å². The Morgan fingerprint density at radius 3 is 2.88 bits per heavy atom. The maximum Gasteiger partial charge on any atom is 0.205 e. The molecule has 25 heavy (non-hydrogen) atoms.